The SMILES string of the molecule is CC#CCCOc1cc(C)c(S(N)(=O)=O)cc1C(C)(C)C. The average molecular weight is 309 g/mol. The van der Waals surface area contributed by atoms with Gasteiger partial charge in [0.15, 0.2) is 0 Å². The maximum absolute atomic E-state index is 11.7. The molecule has 0 spiro atoms. The summed E-state index contributed by atoms with van der Waals surface area (Å²) in [6, 6.07) is 3.35. The molecule has 0 aromatic heterocycles. The van der Waals surface area contributed by atoms with Crippen LogP contribution in [0.5, 0.6) is 5.75 Å². The molecule has 5 heteroatoms. The van der Waals surface area contributed by atoms with E-state index in [9.17, 15) is 8.42 Å². The lowest BCUT2D eigenvalue weighted by Gasteiger charge is -2.24. The fraction of sp³-hybridized carbons (Fsp3) is 0.500. The van der Waals surface area contributed by atoms with Gasteiger partial charge in [-0.15, -0.1) is 11.8 Å². The van der Waals surface area contributed by atoms with Crippen molar-refractivity contribution in [2.24, 2.45) is 5.14 Å². The molecule has 0 aliphatic rings. The van der Waals surface area contributed by atoms with Crippen molar-refractivity contribution < 1.29 is 13.2 Å². The summed E-state index contributed by atoms with van der Waals surface area (Å²) >= 11 is 0. The second-order valence-electron chi connectivity index (χ2n) is 5.93. The summed E-state index contributed by atoms with van der Waals surface area (Å²) in [5.41, 5.74) is 1.16. The molecule has 2 N–H and O–H groups in total. The van der Waals surface area contributed by atoms with Crippen LogP contribution < -0.4 is 9.88 Å². The van der Waals surface area contributed by atoms with Gasteiger partial charge < -0.3 is 4.74 Å². The Balaban J connectivity index is 3.29. The summed E-state index contributed by atoms with van der Waals surface area (Å²) in [5, 5.41) is 5.27. The number of rotatable bonds is 4. The van der Waals surface area contributed by atoms with Crippen molar-refractivity contribution in [3.05, 3.63) is 23.3 Å². The van der Waals surface area contributed by atoms with Crippen molar-refractivity contribution in [1.82, 2.24) is 0 Å². The highest BCUT2D eigenvalue weighted by Gasteiger charge is 2.23. The lowest BCUT2D eigenvalue weighted by Crippen LogP contribution is -2.19. The molecule has 0 saturated heterocycles. The minimum atomic E-state index is -3.74. The molecule has 0 heterocycles. The Morgan fingerprint density at radius 2 is 1.90 bits per heavy atom. The number of sulfonamides is 1. The molecule has 1 rings (SSSR count). The van der Waals surface area contributed by atoms with Gasteiger partial charge in [0, 0.05) is 12.0 Å². The normalized spacial score (nSPS) is 11.7. The Morgan fingerprint density at radius 1 is 1.29 bits per heavy atom. The fourth-order valence-electron chi connectivity index (χ4n) is 2.01. The van der Waals surface area contributed by atoms with Gasteiger partial charge in [-0.3, -0.25) is 0 Å². The maximum Gasteiger partial charge on any atom is 0.238 e. The fourth-order valence-corrected chi connectivity index (χ4v) is 2.80. The van der Waals surface area contributed by atoms with Gasteiger partial charge in [0.1, 0.15) is 5.75 Å². The van der Waals surface area contributed by atoms with E-state index in [1.54, 1.807) is 26.0 Å². The van der Waals surface area contributed by atoms with E-state index < -0.39 is 10.0 Å². The van der Waals surface area contributed by atoms with Gasteiger partial charge in [-0.2, -0.15) is 0 Å². The maximum atomic E-state index is 11.7. The van der Waals surface area contributed by atoms with Crippen molar-refractivity contribution in [3.8, 4) is 17.6 Å². The van der Waals surface area contributed by atoms with Crippen LogP contribution in [0.4, 0.5) is 0 Å². The zero-order valence-electron chi connectivity index (χ0n) is 13.3. The summed E-state index contributed by atoms with van der Waals surface area (Å²) in [4.78, 5) is 0.146. The van der Waals surface area contributed by atoms with Crippen molar-refractivity contribution in [3.63, 3.8) is 0 Å². The molecular weight excluding hydrogens is 286 g/mol. The highest BCUT2D eigenvalue weighted by Crippen LogP contribution is 2.35. The standard InChI is InChI=1S/C16H23NO3S/c1-6-7-8-9-20-14-10-12(2)15(21(17,18)19)11-13(14)16(3,4)5/h10-11H,8-9H2,1-5H3,(H2,17,18,19). The van der Waals surface area contributed by atoms with Crippen molar-refractivity contribution >= 4 is 10.0 Å². The Labute approximate surface area is 127 Å². The first-order valence-electron chi connectivity index (χ1n) is 6.77. The van der Waals surface area contributed by atoms with Crippen molar-refractivity contribution in [2.75, 3.05) is 6.61 Å². The first-order valence-corrected chi connectivity index (χ1v) is 8.32. The summed E-state index contributed by atoms with van der Waals surface area (Å²) in [6.45, 7) is 9.98. The third-order valence-electron chi connectivity index (χ3n) is 3.05. The van der Waals surface area contributed by atoms with E-state index in [1.807, 2.05) is 20.8 Å². The van der Waals surface area contributed by atoms with Crippen LogP contribution in [0.15, 0.2) is 17.0 Å². The summed E-state index contributed by atoms with van der Waals surface area (Å²) in [6.07, 6.45) is 0.635. The van der Waals surface area contributed by atoms with E-state index in [4.69, 9.17) is 9.88 Å². The van der Waals surface area contributed by atoms with Crippen LogP contribution in [0, 0.1) is 18.8 Å². The molecule has 0 saturated carbocycles. The molecule has 1 aromatic carbocycles. The van der Waals surface area contributed by atoms with Crippen LogP contribution in [0.3, 0.4) is 0 Å². The number of primary sulfonamides is 1. The number of hydrogen-bond donors (Lipinski definition) is 1. The van der Waals surface area contributed by atoms with Crippen molar-refractivity contribution in [2.45, 2.75) is 51.3 Å². The van der Waals surface area contributed by atoms with Gasteiger partial charge in [0.25, 0.3) is 0 Å². The second-order valence-corrected chi connectivity index (χ2v) is 7.46. The quantitative estimate of drug-likeness (QED) is 0.687. The van der Waals surface area contributed by atoms with Crippen LogP contribution in [0.1, 0.15) is 45.2 Å². The third-order valence-corrected chi connectivity index (χ3v) is 4.11. The molecule has 0 fully saturated rings. The van der Waals surface area contributed by atoms with E-state index in [0.717, 1.165) is 5.56 Å². The first kappa shape index (κ1) is 17.5. The Hall–Kier alpha value is -1.51. The predicted octanol–water partition coefficient (Wildman–Crippen LogP) is 2.73. The molecule has 0 aliphatic heterocycles. The van der Waals surface area contributed by atoms with Crippen LogP contribution in [-0.4, -0.2) is 15.0 Å². The van der Waals surface area contributed by atoms with Gasteiger partial charge in [-0.05, 0) is 37.0 Å². The largest absolute Gasteiger partial charge is 0.492 e. The van der Waals surface area contributed by atoms with Crippen LogP contribution >= 0.6 is 0 Å². The number of aryl methyl sites for hydroxylation is 1. The zero-order valence-corrected chi connectivity index (χ0v) is 14.1. The predicted molar refractivity (Wildman–Crippen MR) is 84.8 cm³/mol. The second kappa shape index (κ2) is 6.50. The lowest BCUT2D eigenvalue weighted by molar-refractivity contribution is 0.317. The Kier molecular flexibility index (Phi) is 5.43. The van der Waals surface area contributed by atoms with E-state index in [2.05, 4.69) is 11.8 Å². The molecular formula is C16H23NO3S. The van der Waals surface area contributed by atoms with E-state index >= 15 is 0 Å². The molecule has 21 heavy (non-hydrogen) atoms. The van der Waals surface area contributed by atoms with Gasteiger partial charge in [-0.25, -0.2) is 13.6 Å². The van der Waals surface area contributed by atoms with Crippen molar-refractivity contribution in [1.29, 1.82) is 0 Å². The summed E-state index contributed by atoms with van der Waals surface area (Å²) in [5.74, 6) is 6.43. The summed E-state index contributed by atoms with van der Waals surface area (Å²) in [7, 11) is -3.74. The molecule has 0 aliphatic carbocycles. The van der Waals surface area contributed by atoms with E-state index in [1.165, 1.54) is 0 Å². The highest BCUT2D eigenvalue weighted by atomic mass is 32.2. The molecule has 0 amide bonds. The molecule has 0 unspecified atom stereocenters. The Morgan fingerprint density at radius 3 is 2.38 bits per heavy atom. The number of hydrogen-bond acceptors (Lipinski definition) is 3. The van der Waals surface area contributed by atoms with Gasteiger partial charge in [-0.1, -0.05) is 20.8 Å². The van der Waals surface area contributed by atoms with Gasteiger partial charge in [0.2, 0.25) is 10.0 Å². The van der Waals surface area contributed by atoms with Crippen LogP contribution in [-0.2, 0) is 15.4 Å². The third kappa shape index (κ3) is 4.76. The monoisotopic (exact) mass is 309 g/mol. The number of ether oxygens (including phenoxy) is 1. The average Bonchev–Trinajstić information content (AvgIpc) is 2.31. The van der Waals surface area contributed by atoms with E-state index in [0.29, 0.717) is 24.3 Å². The molecule has 0 radical (unpaired) electrons. The zero-order chi connectivity index (χ0) is 16.3. The van der Waals surface area contributed by atoms with Gasteiger partial charge in [0.05, 0.1) is 11.5 Å². The van der Waals surface area contributed by atoms with Crippen LogP contribution in [0.25, 0.3) is 0 Å². The molecule has 0 bridgehead atoms. The molecule has 1 aromatic rings. The Bertz CT molecular complexity index is 674. The molecule has 0 atom stereocenters. The molecule has 4 nitrogen and oxygen atoms in total. The highest BCUT2D eigenvalue weighted by molar-refractivity contribution is 7.89. The van der Waals surface area contributed by atoms with Crippen LogP contribution in [0.2, 0.25) is 0 Å². The smallest absolute Gasteiger partial charge is 0.238 e. The number of nitrogens with two attached hydrogens (primary N) is 1. The lowest BCUT2D eigenvalue weighted by atomic mass is 9.86. The minimum Gasteiger partial charge on any atom is -0.492 e. The van der Waals surface area contributed by atoms with E-state index in [-0.39, 0.29) is 10.3 Å². The minimum absolute atomic E-state index is 0.146. The molecule has 116 valence electrons. The summed E-state index contributed by atoms with van der Waals surface area (Å²) < 4.78 is 29.1. The first-order chi connectivity index (χ1) is 9.57. The van der Waals surface area contributed by atoms with Gasteiger partial charge >= 0.3 is 0 Å². The topological polar surface area (TPSA) is 69.4 Å². The number of benzene rings is 1.